The van der Waals surface area contributed by atoms with Crippen LogP contribution in [0, 0.1) is 0 Å². The number of rotatable bonds is 5. The Morgan fingerprint density at radius 1 is 1.14 bits per heavy atom. The summed E-state index contributed by atoms with van der Waals surface area (Å²) in [5, 5.41) is 10.4. The molecule has 2 atom stereocenters. The summed E-state index contributed by atoms with van der Waals surface area (Å²) in [7, 11) is 4.73. The van der Waals surface area contributed by atoms with E-state index in [1.54, 1.807) is 40.0 Å². The molecule has 0 bridgehead atoms. The predicted octanol–water partition coefficient (Wildman–Crippen LogP) is 3.48. The van der Waals surface area contributed by atoms with Gasteiger partial charge in [-0.25, -0.2) is 4.79 Å². The molecule has 0 saturated carbocycles. The fourth-order valence-corrected chi connectivity index (χ4v) is 4.62. The quantitative estimate of drug-likeness (QED) is 0.748. The van der Waals surface area contributed by atoms with Crippen LogP contribution in [-0.2, 0) is 9.53 Å². The highest BCUT2D eigenvalue weighted by atomic mass is 32.2. The lowest BCUT2D eigenvalue weighted by Crippen LogP contribution is -2.29. The van der Waals surface area contributed by atoms with Crippen molar-refractivity contribution in [3.63, 3.8) is 0 Å². The highest BCUT2D eigenvalue weighted by Gasteiger charge is 2.33. The van der Waals surface area contributed by atoms with E-state index in [0.29, 0.717) is 42.3 Å². The molecule has 0 spiro atoms. The van der Waals surface area contributed by atoms with Gasteiger partial charge < -0.3 is 24.1 Å². The van der Waals surface area contributed by atoms with Crippen molar-refractivity contribution in [2.45, 2.75) is 31.1 Å². The number of carbonyl (C=O) groups is 1. The van der Waals surface area contributed by atoms with Gasteiger partial charge in [-0.1, -0.05) is 6.07 Å². The monoisotopic (exact) mass is 407 g/mol. The number of cyclic esters (lactones) is 1. The van der Waals surface area contributed by atoms with Crippen LogP contribution in [0.5, 0.6) is 17.2 Å². The van der Waals surface area contributed by atoms with Crippen molar-refractivity contribution < 1.29 is 28.8 Å². The van der Waals surface area contributed by atoms with Crippen LogP contribution in [-0.4, -0.2) is 56.5 Å². The number of aliphatic hydroxyl groups is 1. The molecule has 3 rings (SSSR count). The van der Waals surface area contributed by atoms with E-state index in [4.69, 9.17) is 18.9 Å². The molecule has 7 nitrogen and oxygen atoms in total. The van der Waals surface area contributed by atoms with Gasteiger partial charge >= 0.3 is 5.97 Å². The largest absolute Gasteiger partial charge is 0.511 e. The van der Waals surface area contributed by atoms with Gasteiger partial charge in [0.05, 0.1) is 27.0 Å². The molecule has 152 valence electrons. The number of ether oxygens (including phenoxy) is 4. The van der Waals surface area contributed by atoms with Gasteiger partial charge in [0.2, 0.25) is 5.75 Å². The molecule has 8 heteroatoms. The Hall–Kier alpha value is -2.35. The van der Waals surface area contributed by atoms with Gasteiger partial charge in [0.25, 0.3) is 0 Å². The maximum atomic E-state index is 12.4. The van der Waals surface area contributed by atoms with Crippen LogP contribution < -0.4 is 14.2 Å². The fraction of sp³-hybridized carbons (Fsp3) is 0.500. The summed E-state index contributed by atoms with van der Waals surface area (Å²) >= 11 is 1.72. The Labute approximate surface area is 168 Å². The average Bonchev–Trinajstić information content (AvgIpc) is 2.91. The lowest BCUT2D eigenvalue weighted by molar-refractivity contribution is -0.144. The number of thioether (sulfide) groups is 1. The first-order chi connectivity index (χ1) is 13.5. The summed E-state index contributed by atoms with van der Waals surface area (Å²) in [6.07, 6.45) is 0.440. The molecule has 2 heterocycles. The van der Waals surface area contributed by atoms with E-state index in [0.717, 1.165) is 11.3 Å². The molecule has 0 aromatic heterocycles. The van der Waals surface area contributed by atoms with Crippen LogP contribution in [0.3, 0.4) is 0 Å². The normalized spacial score (nSPS) is 22.9. The Bertz CT molecular complexity index is 819. The van der Waals surface area contributed by atoms with E-state index in [1.807, 2.05) is 12.1 Å². The second kappa shape index (κ2) is 8.77. The fourth-order valence-electron chi connectivity index (χ4n) is 3.49. The summed E-state index contributed by atoms with van der Waals surface area (Å²) in [5.41, 5.74) is 1.70. The summed E-state index contributed by atoms with van der Waals surface area (Å²) in [5.74, 6) is 2.02. The summed E-state index contributed by atoms with van der Waals surface area (Å²) in [6, 6.07) is 3.78. The number of aliphatic imine (C=N–C) groups is 1. The van der Waals surface area contributed by atoms with Crippen molar-refractivity contribution >= 4 is 23.4 Å². The first-order valence-electron chi connectivity index (χ1n) is 9.07. The molecule has 0 radical (unpaired) electrons. The first-order valence-corrected chi connectivity index (χ1v) is 10.1. The third kappa shape index (κ3) is 3.92. The van der Waals surface area contributed by atoms with Gasteiger partial charge in [-0.15, -0.1) is 0 Å². The maximum Gasteiger partial charge on any atom is 0.343 e. The van der Waals surface area contributed by atoms with Gasteiger partial charge in [-0.3, -0.25) is 4.99 Å². The number of nitrogens with zero attached hydrogens (tertiary/aromatic N) is 1. The summed E-state index contributed by atoms with van der Waals surface area (Å²) in [6.45, 7) is 2.32. The molecular formula is C20H25NO6S. The average molecular weight is 407 g/mol. The molecule has 28 heavy (non-hydrogen) atoms. The molecule has 2 aliphatic rings. The number of methoxy groups -OCH3 is 3. The highest BCUT2D eigenvalue weighted by Crippen LogP contribution is 2.47. The number of benzene rings is 1. The molecule has 0 aliphatic carbocycles. The molecule has 2 unspecified atom stereocenters. The minimum absolute atomic E-state index is 0.0246. The topological polar surface area (TPSA) is 86.6 Å². The Balaban J connectivity index is 1.98. The van der Waals surface area contributed by atoms with E-state index < -0.39 is 5.97 Å². The smallest absolute Gasteiger partial charge is 0.343 e. The van der Waals surface area contributed by atoms with E-state index in [2.05, 4.69) is 4.99 Å². The Kier molecular flexibility index (Phi) is 6.39. The van der Waals surface area contributed by atoms with E-state index in [1.165, 1.54) is 0 Å². The zero-order valence-corrected chi connectivity index (χ0v) is 17.3. The zero-order valence-electron chi connectivity index (χ0n) is 16.5. The van der Waals surface area contributed by atoms with Gasteiger partial charge in [0, 0.05) is 36.0 Å². The molecule has 0 fully saturated rings. The summed E-state index contributed by atoms with van der Waals surface area (Å²) < 4.78 is 21.8. The highest BCUT2D eigenvalue weighted by molar-refractivity contribution is 7.99. The Morgan fingerprint density at radius 3 is 2.54 bits per heavy atom. The number of esters is 1. The molecule has 0 amide bonds. The van der Waals surface area contributed by atoms with Crippen LogP contribution in [0.4, 0.5) is 0 Å². The third-order valence-electron chi connectivity index (χ3n) is 4.74. The SMILES string of the molecule is COc1ccc(C2CC(C3=C(O)CC(C)OC3=O)=NCCS2)c(OC)c1OC. The van der Waals surface area contributed by atoms with Crippen molar-refractivity contribution in [2.24, 2.45) is 4.99 Å². The van der Waals surface area contributed by atoms with Gasteiger partial charge in [-0.05, 0) is 13.0 Å². The second-order valence-corrected chi connectivity index (χ2v) is 7.87. The van der Waals surface area contributed by atoms with Crippen LogP contribution in [0.15, 0.2) is 28.5 Å². The number of aliphatic hydroxyl groups excluding tert-OH is 1. The van der Waals surface area contributed by atoms with E-state index >= 15 is 0 Å². The van der Waals surface area contributed by atoms with Crippen molar-refractivity contribution in [2.75, 3.05) is 33.6 Å². The van der Waals surface area contributed by atoms with Crippen molar-refractivity contribution in [1.82, 2.24) is 0 Å². The van der Waals surface area contributed by atoms with Crippen LogP contribution in [0.1, 0.15) is 30.6 Å². The molecule has 1 aromatic carbocycles. The Morgan fingerprint density at radius 2 is 1.89 bits per heavy atom. The first kappa shape index (κ1) is 20.4. The van der Waals surface area contributed by atoms with Crippen molar-refractivity contribution in [3.8, 4) is 17.2 Å². The summed E-state index contributed by atoms with van der Waals surface area (Å²) in [4.78, 5) is 16.9. The molecular weight excluding hydrogens is 382 g/mol. The lowest BCUT2D eigenvalue weighted by Gasteiger charge is -2.24. The number of carbonyl (C=O) groups excluding carboxylic acids is 1. The minimum Gasteiger partial charge on any atom is -0.511 e. The van der Waals surface area contributed by atoms with E-state index in [9.17, 15) is 9.90 Å². The minimum atomic E-state index is -0.514. The second-order valence-electron chi connectivity index (χ2n) is 6.56. The molecule has 2 aliphatic heterocycles. The standard InChI is InChI=1S/C20H25NO6S/c1-11-9-14(22)17(20(23)27-11)13-10-16(28-8-7-21-13)12-5-6-15(24-2)19(26-4)18(12)25-3/h5-6,11,16,22H,7-10H2,1-4H3. The van der Waals surface area contributed by atoms with Crippen molar-refractivity contribution in [3.05, 3.63) is 29.0 Å². The lowest BCUT2D eigenvalue weighted by atomic mass is 9.96. The molecule has 0 saturated heterocycles. The number of hydrogen-bond donors (Lipinski definition) is 1. The maximum absolute atomic E-state index is 12.4. The predicted molar refractivity (Wildman–Crippen MR) is 108 cm³/mol. The van der Waals surface area contributed by atoms with Crippen molar-refractivity contribution in [1.29, 1.82) is 0 Å². The molecule has 1 N–H and O–H groups in total. The third-order valence-corrected chi connectivity index (χ3v) is 5.98. The zero-order chi connectivity index (χ0) is 20.3. The molecule has 1 aromatic rings. The van der Waals surface area contributed by atoms with Gasteiger partial charge in [0.15, 0.2) is 11.5 Å². The van der Waals surface area contributed by atoms with Crippen LogP contribution >= 0.6 is 11.8 Å². The van der Waals surface area contributed by atoms with Gasteiger partial charge in [0.1, 0.15) is 17.4 Å². The van der Waals surface area contributed by atoms with Crippen LogP contribution in [0.25, 0.3) is 0 Å². The number of hydrogen-bond acceptors (Lipinski definition) is 8. The van der Waals surface area contributed by atoms with Gasteiger partial charge in [-0.2, -0.15) is 11.8 Å². The van der Waals surface area contributed by atoms with Crippen LogP contribution in [0.2, 0.25) is 0 Å². The van der Waals surface area contributed by atoms with E-state index in [-0.39, 0.29) is 22.7 Å².